The van der Waals surface area contributed by atoms with E-state index in [0.29, 0.717) is 26.2 Å². The average molecular weight is 381 g/mol. The number of benzene rings is 1. The summed E-state index contributed by atoms with van der Waals surface area (Å²) >= 11 is 0. The predicted octanol–water partition coefficient (Wildman–Crippen LogP) is 1.19. The quantitative estimate of drug-likeness (QED) is 0.408. The van der Waals surface area contributed by atoms with Crippen molar-refractivity contribution in [1.29, 1.82) is 0 Å². The SMILES string of the molecule is O=S(=O)(O)CCCOCCOCC[CH]c1ccc(S(=O)(=O)O)cc1. The first-order valence-electron chi connectivity index (χ1n) is 7.20. The van der Waals surface area contributed by atoms with Crippen molar-refractivity contribution in [2.45, 2.75) is 17.7 Å². The maximum atomic E-state index is 10.9. The van der Waals surface area contributed by atoms with E-state index in [4.69, 9.17) is 18.6 Å². The lowest BCUT2D eigenvalue weighted by molar-refractivity contribution is 0.0492. The summed E-state index contributed by atoms with van der Waals surface area (Å²) in [4.78, 5) is -0.151. The third kappa shape index (κ3) is 9.96. The standard InChI is InChI=1S/C14H21O8S2/c15-23(16,17)12-2-9-22-11-10-21-8-1-3-13-4-6-14(7-5-13)24(18,19)20/h3-7H,1-2,8-12H2,(H,15,16,17)(H,18,19,20). The van der Waals surface area contributed by atoms with Gasteiger partial charge in [0.15, 0.2) is 0 Å². The molecule has 8 nitrogen and oxygen atoms in total. The maximum Gasteiger partial charge on any atom is 0.294 e. The summed E-state index contributed by atoms with van der Waals surface area (Å²) < 4.78 is 70.5. The minimum atomic E-state index is -4.17. The van der Waals surface area contributed by atoms with Crippen LogP contribution in [-0.2, 0) is 29.7 Å². The molecule has 0 unspecified atom stereocenters. The Kier molecular flexibility index (Phi) is 8.81. The molecule has 1 aromatic carbocycles. The number of hydrogen-bond acceptors (Lipinski definition) is 6. The van der Waals surface area contributed by atoms with Gasteiger partial charge in [-0.15, -0.1) is 0 Å². The molecular weight excluding hydrogens is 360 g/mol. The molecule has 0 aromatic heterocycles. The molecule has 1 radical (unpaired) electrons. The van der Waals surface area contributed by atoms with E-state index < -0.39 is 20.2 Å². The smallest absolute Gasteiger partial charge is 0.294 e. The Morgan fingerprint density at radius 1 is 0.875 bits per heavy atom. The molecule has 137 valence electrons. The molecule has 0 saturated heterocycles. The van der Waals surface area contributed by atoms with E-state index in [2.05, 4.69) is 0 Å². The average Bonchev–Trinajstić information content (AvgIpc) is 2.47. The second-order valence-corrected chi connectivity index (χ2v) is 7.89. The van der Waals surface area contributed by atoms with Gasteiger partial charge < -0.3 is 9.47 Å². The van der Waals surface area contributed by atoms with Crippen molar-refractivity contribution in [1.82, 2.24) is 0 Å². The van der Waals surface area contributed by atoms with Gasteiger partial charge in [-0.05, 0) is 37.0 Å². The minimum absolute atomic E-state index is 0.151. The van der Waals surface area contributed by atoms with E-state index >= 15 is 0 Å². The van der Waals surface area contributed by atoms with Crippen LogP contribution >= 0.6 is 0 Å². The van der Waals surface area contributed by atoms with Gasteiger partial charge >= 0.3 is 0 Å². The fourth-order valence-corrected chi connectivity index (χ4v) is 2.71. The van der Waals surface area contributed by atoms with Crippen molar-refractivity contribution in [2.75, 3.05) is 32.2 Å². The molecular formula is C14H21O8S2. The van der Waals surface area contributed by atoms with Gasteiger partial charge in [0.1, 0.15) is 0 Å². The fourth-order valence-electron chi connectivity index (χ4n) is 1.75. The highest BCUT2D eigenvalue weighted by atomic mass is 32.2. The van der Waals surface area contributed by atoms with Crippen LogP contribution in [0.1, 0.15) is 18.4 Å². The summed E-state index contributed by atoms with van der Waals surface area (Å²) in [6.07, 6.45) is 2.71. The fraction of sp³-hybridized carbons (Fsp3) is 0.500. The Hall–Kier alpha value is -1.04. The minimum Gasteiger partial charge on any atom is -0.379 e. The molecule has 1 aromatic rings. The first-order valence-corrected chi connectivity index (χ1v) is 10.2. The Balaban J connectivity index is 2.04. The monoisotopic (exact) mass is 381 g/mol. The Morgan fingerprint density at radius 2 is 1.46 bits per heavy atom. The summed E-state index contributed by atoms with van der Waals surface area (Å²) in [6, 6.07) is 5.81. The van der Waals surface area contributed by atoms with E-state index in [9.17, 15) is 16.8 Å². The third-order valence-electron chi connectivity index (χ3n) is 2.88. The van der Waals surface area contributed by atoms with Crippen molar-refractivity contribution in [3.8, 4) is 0 Å². The summed E-state index contributed by atoms with van der Waals surface area (Å²) in [5.74, 6) is -0.320. The summed E-state index contributed by atoms with van der Waals surface area (Å²) in [5.41, 5.74) is 0.812. The number of ether oxygens (including phenoxy) is 2. The van der Waals surface area contributed by atoms with Gasteiger partial charge in [-0.3, -0.25) is 9.11 Å². The zero-order chi connectivity index (χ0) is 18.1. The maximum absolute atomic E-state index is 10.9. The van der Waals surface area contributed by atoms with Crippen LogP contribution in [0.5, 0.6) is 0 Å². The molecule has 0 spiro atoms. The normalized spacial score (nSPS) is 12.4. The molecule has 24 heavy (non-hydrogen) atoms. The lowest BCUT2D eigenvalue weighted by atomic mass is 10.1. The first-order chi connectivity index (χ1) is 11.2. The summed E-state index contributed by atoms with van der Waals surface area (Å²) in [6.45, 7) is 1.37. The van der Waals surface area contributed by atoms with Crippen molar-refractivity contribution < 1.29 is 35.4 Å². The molecule has 0 aliphatic rings. The second-order valence-electron chi connectivity index (χ2n) is 4.90. The molecule has 2 N–H and O–H groups in total. The van der Waals surface area contributed by atoms with Crippen LogP contribution in [0.3, 0.4) is 0 Å². The Bertz CT molecular complexity index is 680. The molecule has 0 fully saturated rings. The van der Waals surface area contributed by atoms with Crippen LogP contribution in [0.25, 0.3) is 0 Å². The molecule has 1 rings (SSSR count). The zero-order valence-corrected chi connectivity index (χ0v) is 14.6. The largest absolute Gasteiger partial charge is 0.379 e. The predicted molar refractivity (Wildman–Crippen MR) is 86.9 cm³/mol. The summed E-state index contributed by atoms with van der Waals surface area (Å²) in [5, 5.41) is 0. The van der Waals surface area contributed by atoms with Gasteiger partial charge in [0.25, 0.3) is 20.2 Å². The highest BCUT2D eigenvalue weighted by molar-refractivity contribution is 7.86. The van der Waals surface area contributed by atoms with Crippen LogP contribution in [0, 0.1) is 6.42 Å². The Morgan fingerprint density at radius 3 is 2.00 bits per heavy atom. The van der Waals surface area contributed by atoms with Crippen molar-refractivity contribution >= 4 is 20.2 Å². The van der Waals surface area contributed by atoms with Gasteiger partial charge in [0.2, 0.25) is 0 Å². The lowest BCUT2D eigenvalue weighted by Crippen LogP contribution is -2.10. The van der Waals surface area contributed by atoms with Crippen LogP contribution in [-0.4, -0.2) is 58.1 Å². The van der Waals surface area contributed by atoms with Crippen molar-refractivity contribution in [2.24, 2.45) is 0 Å². The zero-order valence-electron chi connectivity index (χ0n) is 13.0. The van der Waals surface area contributed by atoms with Crippen LogP contribution in [0.4, 0.5) is 0 Å². The first kappa shape index (κ1) is 21.0. The Labute approximate surface area is 142 Å². The second kappa shape index (κ2) is 10.1. The number of rotatable bonds is 12. The summed E-state index contributed by atoms with van der Waals surface area (Å²) in [7, 11) is -8.10. The van der Waals surface area contributed by atoms with Gasteiger partial charge in [0.05, 0.1) is 23.9 Å². The van der Waals surface area contributed by atoms with Gasteiger partial charge in [-0.1, -0.05) is 12.1 Å². The molecule has 0 atom stereocenters. The molecule has 0 saturated carbocycles. The van der Waals surface area contributed by atoms with Gasteiger partial charge in [-0.2, -0.15) is 16.8 Å². The topological polar surface area (TPSA) is 127 Å². The van der Waals surface area contributed by atoms with Crippen LogP contribution in [0.2, 0.25) is 0 Å². The van der Waals surface area contributed by atoms with E-state index in [1.165, 1.54) is 12.1 Å². The lowest BCUT2D eigenvalue weighted by Gasteiger charge is -2.06. The van der Waals surface area contributed by atoms with E-state index in [-0.39, 0.29) is 23.7 Å². The van der Waals surface area contributed by atoms with Gasteiger partial charge in [0, 0.05) is 13.2 Å². The van der Waals surface area contributed by atoms with E-state index in [1.54, 1.807) is 12.1 Å². The molecule has 0 amide bonds. The number of hydrogen-bond donors (Lipinski definition) is 2. The molecule has 0 bridgehead atoms. The van der Waals surface area contributed by atoms with Gasteiger partial charge in [-0.25, -0.2) is 0 Å². The molecule has 0 heterocycles. The third-order valence-corrected chi connectivity index (χ3v) is 4.56. The van der Waals surface area contributed by atoms with Crippen LogP contribution < -0.4 is 0 Å². The van der Waals surface area contributed by atoms with E-state index in [1.807, 2.05) is 6.42 Å². The molecule has 10 heteroatoms. The highest BCUT2D eigenvalue weighted by Crippen LogP contribution is 2.12. The van der Waals surface area contributed by atoms with E-state index in [0.717, 1.165) is 5.56 Å². The van der Waals surface area contributed by atoms with Crippen molar-refractivity contribution in [3.63, 3.8) is 0 Å². The van der Waals surface area contributed by atoms with Crippen molar-refractivity contribution in [3.05, 3.63) is 36.2 Å². The highest BCUT2D eigenvalue weighted by Gasteiger charge is 2.08. The molecule has 0 aliphatic heterocycles. The van der Waals surface area contributed by atoms with Crippen LogP contribution in [0.15, 0.2) is 29.2 Å². The molecule has 0 aliphatic carbocycles.